The molecule has 0 fully saturated rings. The highest BCUT2D eigenvalue weighted by atomic mass is 32.1. The molecule has 2 N–H and O–H groups in total. The van der Waals surface area contributed by atoms with Gasteiger partial charge in [0.2, 0.25) is 0 Å². The summed E-state index contributed by atoms with van der Waals surface area (Å²) in [7, 11) is 0. The number of amidine groups is 1. The summed E-state index contributed by atoms with van der Waals surface area (Å²) >= 11 is 4.13. The van der Waals surface area contributed by atoms with Gasteiger partial charge < -0.3 is 10.4 Å². The number of nitrogens with one attached hydrogen (secondary N) is 1. The number of nitrogens with zero attached hydrogens (tertiary/aromatic N) is 1. The number of benzene rings is 1. The summed E-state index contributed by atoms with van der Waals surface area (Å²) in [6.07, 6.45) is 1.43. The van der Waals surface area contributed by atoms with Gasteiger partial charge in [-0.05, 0) is 0 Å². The smallest absolute Gasteiger partial charge is 0.336 e. The SMILES string of the molecule is O=C(O)C1=CNC(c2ccccc2)=NC1S. The van der Waals surface area contributed by atoms with Crippen molar-refractivity contribution in [3.05, 3.63) is 47.7 Å². The Hall–Kier alpha value is -1.75. The Bertz CT molecular complexity index is 468. The molecule has 1 aromatic rings. The van der Waals surface area contributed by atoms with Gasteiger partial charge in [-0.15, -0.1) is 12.6 Å². The molecular weight excluding hydrogens is 224 g/mol. The first kappa shape index (κ1) is 10.8. The fourth-order valence-corrected chi connectivity index (χ4v) is 1.68. The zero-order chi connectivity index (χ0) is 11.5. The Morgan fingerprint density at radius 2 is 2.06 bits per heavy atom. The molecule has 0 radical (unpaired) electrons. The molecule has 1 aliphatic heterocycles. The highest BCUT2D eigenvalue weighted by Gasteiger charge is 2.21. The van der Waals surface area contributed by atoms with Crippen molar-refractivity contribution in [2.45, 2.75) is 5.37 Å². The van der Waals surface area contributed by atoms with E-state index in [1.807, 2.05) is 30.3 Å². The largest absolute Gasteiger partial charge is 0.478 e. The number of aliphatic imine (C=N–C) groups is 1. The molecule has 0 aliphatic carbocycles. The van der Waals surface area contributed by atoms with Gasteiger partial charge in [0.15, 0.2) is 0 Å². The number of hydrogen-bond donors (Lipinski definition) is 3. The second-order valence-electron chi connectivity index (χ2n) is 3.27. The van der Waals surface area contributed by atoms with E-state index in [-0.39, 0.29) is 5.57 Å². The molecule has 1 aliphatic rings. The molecule has 0 aromatic heterocycles. The van der Waals surface area contributed by atoms with Gasteiger partial charge in [0.05, 0.1) is 5.57 Å². The number of rotatable bonds is 2. The molecule has 1 heterocycles. The summed E-state index contributed by atoms with van der Waals surface area (Å²) < 4.78 is 0. The van der Waals surface area contributed by atoms with Gasteiger partial charge >= 0.3 is 5.97 Å². The minimum atomic E-state index is -1.01. The third kappa shape index (κ3) is 2.09. The van der Waals surface area contributed by atoms with Gasteiger partial charge in [-0.25, -0.2) is 9.79 Å². The molecule has 0 bridgehead atoms. The molecule has 82 valence electrons. The lowest BCUT2D eigenvalue weighted by Crippen LogP contribution is -2.29. The predicted molar refractivity (Wildman–Crippen MR) is 64.6 cm³/mol. The molecule has 1 unspecified atom stereocenters. The number of carbonyl (C=O) groups is 1. The maximum absolute atomic E-state index is 10.8. The van der Waals surface area contributed by atoms with Gasteiger partial charge in [-0.3, -0.25) is 0 Å². The minimum Gasteiger partial charge on any atom is -0.478 e. The highest BCUT2D eigenvalue weighted by molar-refractivity contribution is 7.81. The number of carboxylic acid groups (broad SMARTS) is 1. The standard InChI is InChI=1S/C11H10N2O2S/c14-11(15)8-6-12-9(13-10(8)16)7-4-2-1-3-5-7/h1-6,10,16H,(H,12,13)(H,14,15). The minimum absolute atomic E-state index is 0.142. The summed E-state index contributed by atoms with van der Waals surface area (Å²) in [5.74, 6) is -0.381. The van der Waals surface area contributed by atoms with Crippen molar-refractivity contribution in [1.82, 2.24) is 5.32 Å². The molecule has 0 saturated heterocycles. The maximum atomic E-state index is 10.8. The zero-order valence-electron chi connectivity index (χ0n) is 8.29. The van der Waals surface area contributed by atoms with E-state index < -0.39 is 11.3 Å². The number of carboxylic acids is 1. The number of hydrogen-bond acceptors (Lipinski definition) is 4. The van der Waals surface area contributed by atoms with Crippen LogP contribution in [0.15, 0.2) is 47.1 Å². The van der Waals surface area contributed by atoms with Crippen molar-refractivity contribution in [2.75, 3.05) is 0 Å². The van der Waals surface area contributed by atoms with Crippen molar-refractivity contribution < 1.29 is 9.90 Å². The van der Waals surface area contributed by atoms with Gasteiger partial charge in [-0.1, -0.05) is 30.3 Å². The van der Waals surface area contributed by atoms with Crippen LogP contribution < -0.4 is 5.32 Å². The van der Waals surface area contributed by atoms with Crippen LogP contribution in [-0.4, -0.2) is 22.3 Å². The molecule has 4 nitrogen and oxygen atoms in total. The van der Waals surface area contributed by atoms with Crippen LogP contribution >= 0.6 is 12.6 Å². The Morgan fingerprint density at radius 1 is 1.38 bits per heavy atom. The molecule has 16 heavy (non-hydrogen) atoms. The van der Waals surface area contributed by atoms with Crippen LogP contribution in [0.5, 0.6) is 0 Å². The normalized spacial score (nSPS) is 19.4. The average Bonchev–Trinajstić information content (AvgIpc) is 2.29. The molecular formula is C11H10N2O2S. The predicted octanol–water partition coefficient (Wildman–Crippen LogP) is 1.26. The maximum Gasteiger partial charge on any atom is 0.336 e. The van der Waals surface area contributed by atoms with Crippen molar-refractivity contribution in [3.8, 4) is 0 Å². The van der Waals surface area contributed by atoms with E-state index in [1.165, 1.54) is 6.20 Å². The van der Waals surface area contributed by atoms with Crippen LogP contribution in [0.25, 0.3) is 0 Å². The van der Waals surface area contributed by atoms with E-state index in [4.69, 9.17) is 5.11 Å². The number of thiol groups is 1. The fraction of sp³-hybridized carbons (Fsp3) is 0.0909. The molecule has 0 spiro atoms. The van der Waals surface area contributed by atoms with E-state index in [1.54, 1.807) is 0 Å². The topological polar surface area (TPSA) is 61.7 Å². The van der Waals surface area contributed by atoms with E-state index in [0.717, 1.165) is 5.56 Å². The van der Waals surface area contributed by atoms with Crippen LogP contribution in [0, 0.1) is 0 Å². The van der Waals surface area contributed by atoms with E-state index in [0.29, 0.717) is 5.84 Å². The highest BCUT2D eigenvalue weighted by Crippen LogP contribution is 2.16. The average molecular weight is 234 g/mol. The first-order valence-corrected chi connectivity index (χ1v) is 5.21. The molecule has 2 rings (SSSR count). The second-order valence-corrected chi connectivity index (χ2v) is 3.76. The molecule has 0 saturated carbocycles. The lowest BCUT2D eigenvalue weighted by Gasteiger charge is -2.17. The van der Waals surface area contributed by atoms with E-state index in [9.17, 15) is 4.79 Å². The Morgan fingerprint density at radius 3 is 2.62 bits per heavy atom. The molecule has 0 amide bonds. The first-order valence-electron chi connectivity index (χ1n) is 4.69. The van der Waals surface area contributed by atoms with Crippen LogP contribution in [-0.2, 0) is 4.79 Å². The molecule has 1 aromatic carbocycles. The monoisotopic (exact) mass is 234 g/mol. The summed E-state index contributed by atoms with van der Waals surface area (Å²) in [5.41, 5.74) is 1.05. The zero-order valence-corrected chi connectivity index (χ0v) is 9.19. The van der Waals surface area contributed by atoms with Crippen molar-refractivity contribution in [2.24, 2.45) is 4.99 Å². The van der Waals surface area contributed by atoms with Crippen LogP contribution in [0.2, 0.25) is 0 Å². The fourth-order valence-electron chi connectivity index (χ4n) is 1.38. The summed E-state index contributed by atoms with van der Waals surface area (Å²) in [5, 5.41) is 11.1. The van der Waals surface area contributed by atoms with E-state index >= 15 is 0 Å². The summed E-state index contributed by atoms with van der Waals surface area (Å²) in [4.78, 5) is 15.0. The van der Waals surface area contributed by atoms with Gasteiger partial charge in [0.1, 0.15) is 11.2 Å². The quantitative estimate of drug-likeness (QED) is 0.675. The third-order valence-electron chi connectivity index (χ3n) is 2.19. The van der Waals surface area contributed by atoms with Gasteiger partial charge in [0, 0.05) is 11.8 Å². The molecule has 5 heteroatoms. The van der Waals surface area contributed by atoms with Crippen LogP contribution in [0.1, 0.15) is 5.56 Å². The van der Waals surface area contributed by atoms with Crippen LogP contribution in [0.4, 0.5) is 0 Å². The van der Waals surface area contributed by atoms with Crippen molar-refractivity contribution in [3.63, 3.8) is 0 Å². The molecule has 1 atom stereocenters. The Kier molecular flexibility index (Phi) is 2.96. The summed E-state index contributed by atoms with van der Waals surface area (Å²) in [6, 6.07) is 9.48. The summed E-state index contributed by atoms with van der Waals surface area (Å²) in [6.45, 7) is 0. The van der Waals surface area contributed by atoms with E-state index in [2.05, 4.69) is 22.9 Å². The Balaban J connectivity index is 2.24. The Labute approximate surface area is 98.1 Å². The lowest BCUT2D eigenvalue weighted by atomic mass is 10.2. The number of aliphatic carboxylic acids is 1. The third-order valence-corrected chi connectivity index (χ3v) is 2.58. The van der Waals surface area contributed by atoms with Gasteiger partial charge in [-0.2, -0.15) is 0 Å². The van der Waals surface area contributed by atoms with Crippen molar-refractivity contribution >= 4 is 24.4 Å². The van der Waals surface area contributed by atoms with Crippen LogP contribution in [0.3, 0.4) is 0 Å². The lowest BCUT2D eigenvalue weighted by molar-refractivity contribution is -0.132. The van der Waals surface area contributed by atoms with Gasteiger partial charge in [0.25, 0.3) is 0 Å². The van der Waals surface area contributed by atoms with Crippen molar-refractivity contribution in [1.29, 1.82) is 0 Å². The second kappa shape index (κ2) is 4.40. The first-order chi connectivity index (χ1) is 7.68.